The van der Waals surface area contributed by atoms with E-state index in [1.165, 1.54) is 0 Å². The molecule has 0 aliphatic heterocycles. The predicted molar refractivity (Wildman–Crippen MR) is 7.23 cm³/mol. The van der Waals surface area contributed by atoms with E-state index in [0.29, 0.717) is 0 Å². The summed E-state index contributed by atoms with van der Waals surface area (Å²) < 4.78 is 0. The second-order valence-electron chi connectivity index (χ2n) is 0. The van der Waals surface area contributed by atoms with Crippen LogP contribution in [0.15, 0.2) is 0 Å². The number of halogens is 1. The Balaban J connectivity index is 0. The maximum atomic E-state index is 0. The first-order valence-corrected chi connectivity index (χ1v) is 0. The Kier molecular flexibility index (Phi) is 2940. The van der Waals surface area contributed by atoms with E-state index in [2.05, 4.69) is 0 Å². The monoisotopic (exact) mass is 148 g/mol. The van der Waals surface area contributed by atoms with Crippen molar-refractivity contribution in [3.63, 3.8) is 0 Å². The van der Waals surface area contributed by atoms with Gasteiger partial charge in [-0.15, -0.1) is 0 Å². The molecule has 0 amide bonds. The summed E-state index contributed by atoms with van der Waals surface area (Å²) in [5.74, 6) is 0. The van der Waals surface area contributed by atoms with E-state index < -0.39 is 0 Å². The molecule has 0 bridgehead atoms. The Morgan fingerprint density at radius 3 is 0.750 bits per heavy atom. The molecule has 4 heavy (non-hydrogen) atoms. The van der Waals surface area contributed by atoms with E-state index in [0.717, 1.165) is 0 Å². The Morgan fingerprint density at radius 2 is 0.750 bits per heavy atom. The van der Waals surface area contributed by atoms with Gasteiger partial charge in [-0.1, -0.05) is 0 Å². The van der Waals surface area contributed by atoms with Gasteiger partial charge in [0.1, 0.15) is 0 Å². The van der Waals surface area contributed by atoms with Gasteiger partial charge < -0.3 is 15.7 Å². The number of rotatable bonds is 0. The summed E-state index contributed by atoms with van der Waals surface area (Å²) in [5, 5.41) is 0. The second kappa shape index (κ2) is 69.1. The van der Waals surface area contributed by atoms with Gasteiger partial charge in [-0.2, -0.15) is 0 Å². The molecule has 0 aromatic heterocycles. The molecule has 0 unspecified atom stereocenters. The second-order valence-corrected chi connectivity index (χ2v) is 0. The van der Waals surface area contributed by atoms with Crippen LogP contribution in [-0.4, -0.2) is 11.0 Å². The standard InChI is InChI=1S/FH.Nb.2H2O/h1H;;2*1H2/p-1. The molecule has 4 heteroatoms. The van der Waals surface area contributed by atoms with Gasteiger partial charge in [0.15, 0.2) is 0 Å². The molecule has 1 radical (unpaired) electrons. The summed E-state index contributed by atoms with van der Waals surface area (Å²) in [7, 11) is 0. The molecular weight excluding hydrogens is 144 g/mol. The largest absolute Gasteiger partial charge is 1.00 e. The number of hydrogen-bond acceptors (Lipinski definition) is 0. The summed E-state index contributed by atoms with van der Waals surface area (Å²) >= 11 is 0. The van der Waals surface area contributed by atoms with Crippen LogP contribution >= 0.6 is 0 Å². The van der Waals surface area contributed by atoms with Crippen molar-refractivity contribution in [1.82, 2.24) is 0 Å². The molecule has 0 saturated carbocycles. The van der Waals surface area contributed by atoms with Crippen LogP contribution < -0.4 is 4.70 Å². The van der Waals surface area contributed by atoms with Crippen LogP contribution in [-0.2, 0) is 22.4 Å². The molecule has 0 aromatic carbocycles. The fourth-order valence-corrected chi connectivity index (χ4v) is 0. The van der Waals surface area contributed by atoms with E-state index in [9.17, 15) is 0 Å². The van der Waals surface area contributed by atoms with Gasteiger partial charge >= 0.3 is 0 Å². The van der Waals surface area contributed by atoms with Crippen LogP contribution in [0.2, 0.25) is 0 Å². The summed E-state index contributed by atoms with van der Waals surface area (Å²) in [6, 6.07) is 0. The van der Waals surface area contributed by atoms with Crippen molar-refractivity contribution >= 4 is 0 Å². The molecule has 0 fully saturated rings. The topological polar surface area (TPSA) is 63.0 Å². The van der Waals surface area contributed by atoms with Crippen molar-refractivity contribution < 1.29 is 38.0 Å². The van der Waals surface area contributed by atoms with E-state index in [-0.39, 0.29) is 38.0 Å². The minimum Gasteiger partial charge on any atom is -1.00 e. The molecule has 0 heterocycles. The van der Waals surface area contributed by atoms with Crippen molar-refractivity contribution in [1.29, 1.82) is 0 Å². The number of hydrogen-bond donors (Lipinski definition) is 0. The van der Waals surface area contributed by atoms with Gasteiger partial charge in [-0.25, -0.2) is 0 Å². The smallest absolute Gasteiger partial charge is 0 e. The summed E-state index contributed by atoms with van der Waals surface area (Å²) in [6.07, 6.45) is 0. The third-order valence-corrected chi connectivity index (χ3v) is 0. The molecule has 0 atom stereocenters. The van der Waals surface area contributed by atoms with Crippen LogP contribution in [0.3, 0.4) is 0 Å². The quantitative estimate of drug-likeness (QED) is 0.310. The SMILES string of the molecule is O.O.[F-].[Nb]. The minimum atomic E-state index is 0. The van der Waals surface area contributed by atoms with Crippen molar-refractivity contribution in [3.05, 3.63) is 0 Å². The molecule has 0 aliphatic rings. The Hall–Kier alpha value is 0.590. The minimum absolute atomic E-state index is 0. The van der Waals surface area contributed by atoms with Crippen molar-refractivity contribution in [2.75, 3.05) is 0 Å². The van der Waals surface area contributed by atoms with Crippen molar-refractivity contribution in [3.8, 4) is 0 Å². The molecule has 0 aromatic rings. The van der Waals surface area contributed by atoms with Crippen LogP contribution in [0.4, 0.5) is 0 Å². The van der Waals surface area contributed by atoms with Crippen molar-refractivity contribution in [2.45, 2.75) is 0 Å². The first-order valence-electron chi connectivity index (χ1n) is 0. The normalized spacial score (nSPS) is 0. The fraction of sp³-hybridized carbons (Fsp3) is 0. The molecule has 4 N–H and O–H groups in total. The third-order valence-electron chi connectivity index (χ3n) is 0. The molecular formula is H4FNbO2-. The first kappa shape index (κ1) is 170. The van der Waals surface area contributed by atoms with Gasteiger partial charge in [0, 0.05) is 22.4 Å². The molecule has 29 valence electrons. The Bertz CT molecular complexity index is 6.00. The predicted octanol–water partition coefficient (Wildman–Crippen LogP) is -4.65. The molecule has 2 nitrogen and oxygen atoms in total. The molecule has 0 saturated heterocycles. The zero-order valence-electron chi connectivity index (χ0n) is 1.83. The van der Waals surface area contributed by atoms with Gasteiger partial charge in [0.25, 0.3) is 0 Å². The van der Waals surface area contributed by atoms with Gasteiger partial charge in [-0.3, -0.25) is 0 Å². The summed E-state index contributed by atoms with van der Waals surface area (Å²) in [6.45, 7) is 0. The first-order chi connectivity index (χ1) is 0. The van der Waals surface area contributed by atoms with E-state index >= 15 is 0 Å². The van der Waals surface area contributed by atoms with Crippen LogP contribution in [0, 0.1) is 0 Å². The van der Waals surface area contributed by atoms with Gasteiger partial charge in [0.05, 0.1) is 0 Å². The zero-order chi connectivity index (χ0) is 0. The molecule has 0 spiro atoms. The maximum absolute atomic E-state index is 0. The summed E-state index contributed by atoms with van der Waals surface area (Å²) in [4.78, 5) is 0. The van der Waals surface area contributed by atoms with Crippen LogP contribution in [0.1, 0.15) is 0 Å². The maximum Gasteiger partial charge on any atom is 0 e. The van der Waals surface area contributed by atoms with E-state index in [4.69, 9.17) is 0 Å². The van der Waals surface area contributed by atoms with E-state index in [1.807, 2.05) is 0 Å². The van der Waals surface area contributed by atoms with Gasteiger partial charge in [0.2, 0.25) is 0 Å². The Labute approximate surface area is 38.7 Å². The average molecular weight is 148 g/mol. The fourth-order valence-electron chi connectivity index (χ4n) is 0. The average Bonchev–Trinajstić information content (AvgIpc) is 0. The van der Waals surface area contributed by atoms with Crippen molar-refractivity contribution in [2.24, 2.45) is 0 Å². The Morgan fingerprint density at radius 1 is 0.750 bits per heavy atom. The summed E-state index contributed by atoms with van der Waals surface area (Å²) in [5.41, 5.74) is 0. The zero-order valence-corrected chi connectivity index (χ0v) is 4.02. The van der Waals surface area contributed by atoms with Crippen LogP contribution in [0.5, 0.6) is 0 Å². The van der Waals surface area contributed by atoms with E-state index in [1.54, 1.807) is 0 Å². The molecule has 0 aliphatic carbocycles. The molecule has 0 rings (SSSR count). The third kappa shape index (κ3) is 18.8. The van der Waals surface area contributed by atoms with Crippen LogP contribution in [0.25, 0.3) is 0 Å². The van der Waals surface area contributed by atoms with Gasteiger partial charge in [-0.05, 0) is 0 Å².